The Kier molecular flexibility index (Phi) is 5.92. The quantitative estimate of drug-likeness (QED) is 0.752. The smallest absolute Gasteiger partial charge is 0.239 e. The van der Waals surface area contributed by atoms with Gasteiger partial charge in [0.1, 0.15) is 0 Å². The van der Waals surface area contributed by atoms with Crippen molar-refractivity contribution < 1.29 is 4.79 Å². The van der Waals surface area contributed by atoms with Crippen molar-refractivity contribution in [2.45, 2.75) is 39.2 Å². The number of hydrogen-bond donors (Lipinski definition) is 1. The van der Waals surface area contributed by atoms with Gasteiger partial charge in [0.05, 0.1) is 6.04 Å². The zero-order valence-electron chi connectivity index (χ0n) is 11.5. The highest BCUT2D eigenvalue weighted by Gasteiger charge is 2.29. The van der Waals surface area contributed by atoms with E-state index in [9.17, 15) is 4.79 Å². The molecule has 0 aromatic carbocycles. The molecule has 1 aliphatic rings. The van der Waals surface area contributed by atoms with Crippen molar-refractivity contribution in [1.29, 1.82) is 0 Å². The lowest BCUT2D eigenvalue weighted by Gasteiger charge is -2.22. The second kappa shape index (κ2) is 6.97. The van der Waals surface area contributed by atoms with Crippen LogP contribution in [0.25, 0.3) is 0 Å². The molecule has 2 atom stereocenters. The highest BCUT2D eigenvalue weighted by atomic mass is 16.2. The van der Waals surface area contributed by atoms with Gasteiger partial charge in [-0.2, -0.15) is 0 Å². The molecule has 1 saturated heterocycles. The molecule has 0 aromatic rings. The van der Waals surface area contributed by atoms with E-state index in [1.165, 1.54) is 0 Å². The van der Waals surface area contributed by atoms with Gasteiger partial charge in [0.25, 0.3) is 0 Å². The third-order valence-corrected chi connectivity index (χ3v) is 3.62. The van der Waals surface area contributed by atoms with Crippen LogP contribution in [0.2, 0.25) is 0 Å². The molecule has 1 amide bonds. The van der Waals surface area contributed by atoms with Gasteiger partial charge in [0.2, 0.25) is 5.91 Å². The van der Waals surface area contributed by atoms with Crippen LogP contribution in [0.4, 0.5) is 0 Å². The van der Waals surface area contributed by atoms with Gasteiger partial charge in [0.15, 0.2) is 0 Å². The summed E-state index contributed by atoms with van der Waals surface area (Å²) in [6.07, 6.45) is 2.90. The normalized spacial score (nSPS) is 22.2. The maximum absolute atomic E-state index is 12.0. The summed E-state index contributed by atoms with van der Waals surface area (Å²) in [6, 6.07) is -0.289. The second-order valence-electron chi connectivity index (χ2n) is 5.19. The summed E-state index contributed by atoms with van der Waals surface area (Å²) in [5.74, 6) is 0.770. The van der Waals surface area contributed by atoms with Gasteiger partial charge in [-0.3, -0.25) is 4.79 Å². The van der Waals surface area contributed by atoms with E-state index in [1.54, 1.807) is 0 Å². The third kappa shape index (κ3) is 4.28. The van der Waals surface area contributed by atoms with Crippen molar-refractivity contribution in [3.8, 4) is 0 Å². The Morgan fingerprint density at radius 3 is 2.82 bits per heavy atom. The van der Waals surface area contributed by atoms with Crippen molar-refractivity contribution >= 4 is 5.91 Å². The molecule has 1 rings (SSSR count). The number of likely N-dealkylation sites (tertiary alicyclic amines) is 1. The molecule has 4 heteroatoms. The van der Waals surface area contributed by atoms with E-state index < -0.39 is 0 Å². The second-order valence-corrected chi connectivity index (χ2v) is 5.19. The first-order valence-electron chi connectivity index (χ1n) is 6.81. The van der Waals surface area contributed by atoms with Gasteiger partial charge in [-0.15, -0.1) is 0 Å². The van der Waals surface area contributed by atoms with Crippen molar-refractivity contribution in [3.63, 3.8) is 0 Å². The van der Waals surface area contributed by atoms with Gasteiger partial charge >= 0.3 is 0 Å². The fourth-order valence-electron chi connectivity index (χ4n) is 2.42. The number of amides is 1. The molecular formula is C13H27N3O. The van der Waals surface area contributed by atoms with Crippen LogP contribution in [-0.4, -0.2) is 55.0 Å². The SMILES string of the molecule is CCCC(N)C(=O)N1CCC(CN(C)CC)C1. The third-order valence-electron chi connectivity index (χ3n) is 3.62. The van der Waals surface area contributed by atoms with E-state index in [0.717, 1.165) is 45.4 Å². The van der Waals surface area contributed by atoms with Crippen molar-refractivity contribution in [2.75, 3.05) is 33.2 Å². The van der Waals surface area contributed by atoms with Gasteiger partial charge < -0.3 is 15.5 Å². The predicted molar refractivity (Wildman–Crippen MR) is 70.7 cm³/mol. The molecule has 1 aliphatic heterocycles. The van der Waals surface area contributed by atoms with Crippen molar-refractivity contribution in [3.05, 3.63) is 0 Å². The zero-order valence-corrected chi connectivity index (χ0v) is 11.5. The fourth-order valence-corrected chi connectivity index (χ4v) is 2.42. The Morgan fingerprint density at radius 1 is 1.53 bits per heavy atom. The number of rotatable bonds is 6. The fraction of sp³-hybridized carbons (Fsp3) is 0.923. The van der Waals surface area contributed by atoms with Gasteiger partial charge in [0, 0.05) is 19.6 Å². The molecule has 4 nitrogen and oxygen atoms in total. The van der Waals surface area contributed by atoms with Gasteiger partial charge in [-0.25, -0.2) is 0 Å². The van der Waals surface area contributed by atoms with Crippen LogP contribution in [0.3, 0.4) is 0 Å². The molecule has 1 heterocycles. The molecule has 1 fully saturated rings. The summed E-state index contributed by atoms with van der Waals surface area (Å²) in [5, 5.41) is 0. The average molecular weight is 241 g/mol. The molecule has 0 bridgehead atoms. The van der Waals surface area contributed by atoms with Crippen LogP contribution < -0.4 is 5.73 Å². The topological polar surface area (TPSA) is 49.6 Å². The van der Waals surface area contributed by atoms with Gasteiger partial charge in [-0.1, -0.05) is 20.3 Å². The van der Waals surface area contributed by atoms with E-state index in [0.29, 0.717) is 5.92 Å². The lowest BCUT2D eigenvalue weighted by atomic mass is 10.1. The van der Waals surface area contributed by atoms with Crippen LogP contribution in [0, 0.1) is 5.92 Å². The van der Waals surface area contributed by atoms with Crippen LogP contribution in [-0.2, 0) is 4.79 Å². The Balaban J connectivity index is 2.36. The summed E-state index contributed by atoms with van der Waals surface area (Å²) >= 11 is 0. The molecule has 0 saturated carbocycles. The molecule has 17 heavy (non-hydrogen) atoms. The number of nitrogens with zero attached hydrogens (tertiary/aromatic N) is 2. The molecule has 0 aliphatic carbocycles. The summed E-state index contributed by atoms with van der Waals surface area (Å²) in [7, 11) is 2.13. The molecule has 0 spiro atoms. The molecule has 0 radical (unpaired) electrons. The molecule has 2 unspecified atom stereocenters. The Labute approximate surface area is 105 Å². The first-order valence-corrected chi connectivity index (χ1v) is 6.81. The van der Waals surface area contributed by atoms with E-state index in [2.05, 4.69) is 25.8 Å². The van der Waals surface area contributed by atoms with Crippen LogP contribution in [0.5, 0.6) is 0 Å². The summed E-state index contributed by atoms with van der Waals surface area (Å²) in [6.45, 7) is 8.16. The maximum Gasteiger partial charge on any atom is 0.239 e. The number of nitrogens with two attached hydrogens (primary N) is 1. The minimum Gasteiger partial charge on any atom is -0.341 e. The van der Waals surface area contributed by atoms with Crippen LogP contribution in [0.1, 0.15) is 33.1 Å². The average Bonchev–Trinajstić information content (AvgIpc) is 2.76. The zero-order chi connectivity index (χ0) is 12.8. The summed E-state index contributed by atoms with van der Waals surface area (Å²) in [5.41, 5.74) is 5.88. The summed E-state index contributed by atoms with van der Waals surface area (Å²) < 4.78 is 0. The van der Waals surface area contributed by atoms with E-state index in [-0.39, 0.29) is 11.9 Å². The monoisotopic (exact) mass is 241 g/mol. The first kappa shape index (κ1) is 14.5. The van der Waals surface area contributed by atoms with Crippen molar-refractivity contribution in [1.82, 2.24) is 9.80 Å². The van der Waals surface area contributed by atoms with Crippen molar-refractivity contribution in [2.24, 2.45) is 11.7 Å². The highest BCUT2D eigenvalue weighted by Crippen LogP contribution is 2.18. The van der Waals surface area contributed by atoms with Crippen LogP contribution in [0.15, 0.2) is 0 Å². The first-order chi connectivity index (χ1) is 8.08. The predicted octanol–water partition coefficient (Wildman–Crippen LogP) is 0.914. The standard InChI is InChI=1S/C13H27N3O/c1-4-6-12(14)13(17)16-8-7-11(10-16)9-15(3)5-2/h11-12H,4-10,14H2,1-3H3. The number of carbonyl (C=O) groups excluding carboxylic acids is 1. The number of hydrogen-bond acceptors (Lipinski definition) is 3. The minimum atomic E-state index is -0.289. The molecule has 100 valence electrons. The number of carbonyl (C=O) groups is 1. The minimum absolute atomic E-state index is 0.147. The molecule has 0 aromatic heterocycles. The van der Waals surface area contributed by atoms with E-state index in [1.807, 2.05) is 4.90 Å². The Hall–Kier alpha value is -0.610. The van der Waals surface area contributed by atoms with Gasteiger partial charge in [-0.05, 0) is 32.4 Å². The van der Waals surface area contributed by atoms with E-state index in [4.69, 9.17) is 5.73 Å². The van der Waals surface area contributed by atoms with Crippen LogP contribution >= 0.6 is 0 Å². The molecule has 2 N–H and O–H groups in total. The Morgan fingerprint density at radius 2 is 2.24 bits per heavy atom. The lowest BCUT2D eigenvalue weighted by Crippen LogP contribution is -2.43. The van der Waals surface area contributed by atoms with E-state index >= 15 is 0 Å². The maximum atomic E-state index is 12.0. The summed E-state index contributed by atoms with van der Waals surface area (Å²) in [4.78, 5) is 16.3. The largest absolute Gasteiger partial charge is 0.341 e. The molecular weight excluding hydrogens is 214 g/mol. The lowest BCUT2D eigenvalue weighted by molar-refractivity contribution is -0.131. The highest BCUT2D eigenvalue weighted by molar-refractivity contribution is 5.81. The Bertz CT molecular complexity index is 245.